The van der Waals surface area contributed by atoms with Crippen molar-refractivity contribution >= 4 is 11.8 Å². The van der Waals surface area contributed by atoms with Crippen molar-refractivity contribution in [1.29, 1.82) is 0 Å². The summed E-state index contributed by atoms with van der Waals surface area (Å²) in [4.78, 5) is 25.5. The zero-order valence-electron chi connectivity index (χ0n) is 14.5. The largest absolute Gasteiger partial charge is 0.366 e. The van der Waals surface area contributed by atoms with Crippen molar-refractivity contribution in [2.45, 2.75) is 32.7 Å². The van der Waals surface area contributed by atoms with Gasteiger partial charge < -0.3 is 10.6 Å². The molecule has 1 aromatic heterocycles. The standard InChI is InChI=1S/C19H24N4O2/c1-2-23-12-9-17(21-23)19(25)22-10-7-15(8-11-22)13-14-3-5-16(6-4-14)18(20)24/h3-6,9,12,15H,2,7-8,10-11,13H2,1H3,(H2,20,24). The highest BCUT2D eigenvalue weighted by Gasteiger charge is 2.25. The number of benzene rings is 1. The Kier molecular flexibility index (Phi) is 5.16. The Morgan fingerprint density at radius 3 is 2.40 bits per heavy atom. The maximum atomic E-state index is 12.5. The highest BCUT2D eigenvalue weighted by molar-refractivity contribution is 5.93. The molecule has 6 heteroatoms. The predicted molar refractivity (Wildman–Crippen MR) is 95.2 cm³/mol. The Morgan fingerprint density at radius 2 is 1.84 bits per heavy atom. The van der Waals surface area contributed by atoms with E-state index in [0.717, 1.165) is 38.9 Å². The van der Waals surface area contributed by atoms with Crippen LogP contribution >= 0.6 is 0 Å². The second-order valence-electron chi connectivity index (χ2n) is 6.56. The van der Waals surface area contributed by atoms with Crippen molar-refractivity contribution in [2.75, 3.05) is 13.1 Å². The Hall–Kier alpha value is -2.63. The molecule has 0 aliphatic carbocycles. The molecular formula is C19H24N4O2. The summed E-state index contributed by atoms with van der Waals surface area (Å²) in [5, 5.41) is 4.30. The molecule has 0 saturated carbocycles. The van der Waals surface area contributed by atoms with Crippen LogP contribution in [0.15, 0.2) is 36.5 Å². The van der Waals surface area contributed by atoms with E-state index in [1.54, 1.807) is 22.9 Å². The summed E-state index contributed by atoms with van der Waals surface area (Å²) in [7, 11) is 0. The monoisotopic (exact) mass is 340 g/mol. The van der Waals surface area contributed by atoms with Crippen LogP contribution in [0.25, 0.3) is 0 Å². The molecule has 2 aromatic rings. The van der Waals surface area contributed by atoms with Gasteiger partial charge in [-0.1, -0.05) is 12.1 Å². The highest BCUT2D eigenvalue weighted by Crippen LogP contribution is 2.23. The normalized spacial score (nSPS) is 15.3. The summed E-state index contributed by atoms with van der Waals surface area (Å²) in [6.07, 6.45) is 4.77. The lowest BCUT2D eigenvalue weighted by atomic mass is 9.90. The molecule has 1 aromatic carbocycles. The maximum Gasteiger partial charge on any atom is 0.274 e. The van der Waals surface area contributed by atoms with Gasteiger partial charge in [0.05, 0.1) is 0 Å². The van der Waals surface area contributed by atoms with E-state index in [9.17, 15) is 9.59 Å². The Morgan fingerprint density at radius 1 is 1.16 bits per heavy atom. The van der Waals surface area contributed by atoms with Gasteiger partial charge >= 0.3 is 0 Å². The van der Waals surface area contributed by atoms with E-state index >= 15 is 0 Å². The number of rotatable bonds is 5. The molecule has 0 spiro atoms. The first-order valence-corrected chi connectivity index (χ1v) is 8.78. The zero-order chi connectivity index (χ0) is 17.8. The summed E-state index contributed by atoms with van der Waals surface area (Å²) in [5.74, 6) is 0.178. The molecule has 2 amide bonds. The topological polar surface area (TPSA) is 81.2 Å². The van der Waals surface area contributed by atoms with E-state index in [1.165, 1.54) is 5.56 Å². The number of carbonyl (C=O) groups excluding carboxylic acids is 2. The number of nitrogens with zero attached hydrogens (tertiary/aromatic N) is 3. The summed E-state index contributed by atoms with van der Waals surface area (Å²) >= 11 is 0. The van der Waals surface area contributed by atoms with Crippen LogP contribution in [0, 0.1) is 5.92 Å². The molecule has 1 aliphatic rings. The van der Waals surface area contributed by atoms with Crippen LogP contribution in [0.1, 0.15) is 46.2 Å². The number of hydrogen-bond donors (Lipinski definition) is 1. The van der Waals surface area contributed by atoms with Crippen molar-refractivity contribution in [3.63, 3.8) is 0 Å². The first-order chi connectivity index (χ1) is 12.1. The summed E-state index contributed by atoms with van der Waals surface area (Å²) in [5.41, 5.74) is 7.54. The fraction of sp³-hybridized carbons (Fsp3) is 0.421. The third kappa shape index (κ3) is 4.07. The predicted octanol–water partition coefficient (Wildman–Crippen LogP) is 2.10. The van der Waals surface area contributed by atoms with Crippen molar-refractivity contribution in [2.24, 2.45) is 11.7 Å². The second kappa shape index (κ2) is 7.51. The number of aromatic nitrogens is 2. The third-order valence-electron chi connectivity index (χ3n) is 4.85. The van der Waals surface area contributed by atoms with Gasteiger partial charge in [0.15, 0.2) is 0 Å². The number of amides is 2. The lowest BCUT2D eigenvalue weighted by molar-refractivity contribution is 0.0683. The summed E-state index contributed by atoms with van der Waals surface area (Å²) < 4.78 is 1.77. The minimum atomic E-state index is -0.399. The van der Waals surface area contributed by atoms with E-state index in [2.05, 4.69) is 5.10 Å². The van der Waals surface area contributed by atoms with Crippen LogP contribution in [0.2, 0.25) is 0 Å². The molecule has 25 heavy (non-hydrogen) atoms. The maximum absolute atomic E-state index is 12.5. The van der Waals surface area contributed by atoms with Crippen LogP contribution in [0.4, 0.5) is 0 Å². The molecule has 1 saturated heterocycles. The molecule has 0 bridgehead atoms. The number of likely N-dealkylation sites (tertiary alicyclic amines) is 1. The Labute approximate surface area is 147 Å². The molecule has 1 aliphatic heterocycles. The number of primary amides is 1. The second-order valence-corrected chi connectivity index (χ2v) is 6.56. The van der Waals surface area contributed by atoms with Crippen LogP contribution in [-0.2, 0) is 13.0 Å². The number of piperidine rings is 1. The quantitative estimate of drug-likeness (QED) is 0.905. The number of carbonyl (C=O) groups is 2. The third-order valence-corrected chi connectivity index (χ3v) is 4.85. The van der Waals surface area contributed by atoms with Gasteiger partial charge in [-0.2, -0.15) is 5.10 Å². The Balaban J connectivity index is 1.53. The van der Waals surface area contributed by atoms with Crippen molar-refractivity contribution < 1.29 is 9.59 Å². The fourth-order valence-electron chi connectivity index (χ4n) is 3.29. The lowest BCUT2D eigenvalue weighted by Gasteiger charge is -2.31. The molecule has 0 radical (unpaired) electrons. The molecule has 2 N–H and O–H groups in total. The minimum Gasteiger partial charge on any atom is -0.366 e. The molecule has 2 heterocycles. The average molecular weight is 340 g/mol. The summed E-state index contributed by atoms with van der Waals surface area (Å²) in [6.45, 7) is 4.30. The first kappa shape index (κ1) is 17.2. The molecule has 6 nitrogen and oxygen atoms in total. The molecule has 0 atom stereocenters. The SMILES string of the molecule is CCn1ccc(C(=O)N2CCC(Cc3ccc(C(N)=O)cc3)CC2)n1. The van der Waals surface area contributed by atoms with Crippen LogP contribution in [-0.4, -0.2) is 39.6 Å². The molecule has 3 rings (SSSR count). The Bertz CT molecular complexity index is 743. The van der Waals surface area contributed by atoms with Crippen molar-refractivity contribution in [3.8, 4) is 0 Å². The molecule has 132 valence electrons. The zero-order valence-corrected chi connectivity index (χ0v) is 14.5. The van der Waals surface area contributed by atoms with Gasteiger partial charge in [-0.3, -0.25) is 14.3 Å². The van der Waals surface area contributed by atoms with Gasteiger partial charge in [-0.15, -0.1) is 0 Å². The van der Waals surface area contributed by atoms with Crippen molar-refractivity contribution in [1.82, 2.24) is 14.7 Å². The molecule has 0 unspecified atom stereocenters. The number of hydrogen-bond acceptors (Lipinski definition) is 3. The van der Waals surface area contributed by atoms with Gasteiger partial charge in [0, 0.05) is 31.4 Å². The van der Waals surface area contributed by atoms with Gasteiger partial charge in [-0.25, -0.2) is 0 Å². The van der Waals surface area contributed by atoms with Gasteiger partial charge in [0.25, 0.3) is 5.91 Å². The van der Waals surface area contributed by atoms with Crippen molar-refractivity contribution in [3.05, 3.63) is 53.3 Å². The molecule has 1 fully saturated rings. The van der Waals surface area contributed by atoms with E-state index in [1.807, 2.05) is 30.2 Å². The van der Waals surface area contributed by atoms with Gasteiger partial charge in [-0.05, 0) is 55.9 Å². The van der Waals surface area contributed by atoms with Gasteiger partial charge in [0.1, 0.15) is 5.69 Å². The summed E-state index contributed by atoms with van der Waals surface area (Å²) in [6, 6.07) is 9.28. The fourth-order valence-corrected chi connectivity index (χ4v) is 3.29. The minimum absolute atomic E-state index is 0.0245. The highest BCUT2D eigenvalue weighted by atomic mass is 16.2. The smallest absolute Gasteiger partial charge is 0.274 e. The van der Waals surface area contributed by atoms with E-state index in [4.69, 9.17) is 5.73 Å². The van der Waals surface area contributed by atoms with Crippen LogP contribution in [0.3, 0.4) is 0 Å². The van der Waals surface area contributed by atoms with Gasteiger partial charge in [0.2, 0.25) is 5.91 Å². The van der Waals surface area contributed by atoms with Crippen LogP contribution in [0.5, 0.6) is 0 Å². The lowest BCUT2D eigenvalue weighted by Crippen LogP contribution is -2.39. The first-order valence-electron chi connectivity index (χ1n) is 8.78. The molecular weight excluding hydrogens is 316 g/mol. The average Bonchev–Trinajstić information content (AvgIpc) is 3.11. The van der Waals surface area contributed by atoms with E-state index < -0.39 is 5.91 Å². The number of nitrogens with two attached hydrogens (primary N) is 1. The van der Waals surface area contributed by atoms with Crippen LogP contribution < -0.4 is 5.73 Å². The van der Waals surface area contributed by atoms with E-state index in [0.29, 0.717) is 17.2 Å². The number of aryl methyl sites for hydroxylation is 1. The van der Waals surface area contributed by atoms with E-state index in [-0.39, 0.29) is 5.91 Å².